The van der Waals surface area contributed by atoms with E-state index >= 15 is 0 Å². The molecule has 0 fully saturated rings. The molecule has 0 aliphatic rings. The lowest BCUT2D eigenvalue weighted by atomic mass is 10.00. The van der Waals surface area contributed by atoms with Crippen molar-refractivity contribution in [2.45, 2.75) is 27.7 Å². The zero-order valence-electron chi connectivity index (χ0n) is 10.6. The van der Waals surface area contributed by atoms with Crippen LogP contribution in [0.4, 0.5) is 0 Å². The molecule has 0 amide bonds. The molecular formula is C13H16N4. The molecule has 0 bridgehead atoms. The first-order valence-corrected chi connectivity index (χ1v) is 5.36. The van der Waals surface area contributed by atoms with Crippen molar-refractivity contribution in [2.75, 3.05) is 0 Å². The van der Waals surface area contributed by atoms with Gasteiger partial charge < -0.3 is 0 Å². The minimum Gasteiger partial charge on any atom is -0.253 e. The Kier molecular flexibility index (Phi) is 4.07. The fourth-order valence-corrected chi connectivity index (χ4v) is 1.96. The third-order valence-corrected chi connectivity index (χ3v) is 3.02. The summed E-state index contributed by atoms with van der Waals surface area (Å²) in [5.41, 5.74) is 18.5. The van der Waals surface area contributed by atoms with Crippen molar-refractivity contribution in [1.82, 2.24) is 4.98 Å². The Morgan fingerprint density at radius 2 is 1.71 bits per heavy atom. The van der Waals surface area contributed by atoms with Crippen molar-refractivity contribution >= 4 is 10.9 Å². The molecule has 17 heavy (non-hydrogen) atoms. The lowest BCUT2D eigenvalue weighted by molar-refractivity contribution is 1.16. The van der Waals surface area contributed by atoms with Gasteiger partial charge >= 0.3 is 0 Å². The van der Waals surface area contributed by atoms with E-state index in [4.69, 9.17) is 11.1 Å². The minimum atomic E-state index is 1.12. The lowest BCUT2D eigenvalue weighted by Gasteiger charge is -2.10. The van der Waals surface area contributed by atoms with Crippen LogP contribution in [0.2, 0.25) is 0 Å². The number of hydrogen-bond acceptors (Lipinski definition) is 2. The molecule has 2 rings (SSSR count). The number of fused-ring (bicyclic) bond motifs is 1. The molecule has 2 aromatic rings. The van der Waals surface area contributed by atoms with E-state index in [1.54, 1.807) is 4.91 Å². The number of hydrogen-bond donors (Lipinski definition) is 1. The summed E-state index contributed by atoms with van der Waals surface area (Å²) in [4.78, 5) is 6.35. The molecule has 0 radical (unpaired) electrons. The zero-order valence-corrected chi connectivity index (χ0v) is 10.6. The zero-order chi connectivity index (χ0) is 13.0. The Morgan fingerprint density at radius 1 is 1.12 bits per heavy atom. The third kappa shape index (κ3) is 2.55. The first-order chi connectivity index (χ1) is 8.02. The van der Waals surface area contributed by atoms with Gasteiger partial charge in [-0.2, -0.15) is 0 Å². The molecular weight excluding hydrogens is 212 g/mol. The van der Waals surface area contributed by atoms with E-state index in [2.05, 4.69) is 50.9 Å². The van der Waals surface area contributed by atoms with Crippen LogP contribution in [0.1, 0.15) is 22.4 Å². The Balaban J connectivity index is 0.000000437. The lowest BCUT2D eigenvalue weighted by Crippen LogP contribution is -1.94. The summed E-state index contributed by atoms with van der Waals surface area (Å²) in [6, 6.07) is 6.30. The molecule has 0 atom stereocenters. The molecule has 1 N–H and O–H groups in total. The largest absolute Gasteiger partial charge is 0.253 e. The van der Waals surface area contributed by atoms with Crippen LogP contribution in [0, 0.1) is 33.2 Å². The average molecular weight is 228 g/mol. The van der Waals surface area contributed by atoms with E-state index in [1.165, 1.54) is 22.1 Å². The van der Waals surface area contributed by atoms with Crippen LogP contribution in [0.3, 0.4) is 0 Å². The second-order valence-corrected chi connectivity index (χ2v) is 4.02. The molecule has 0 aliphatic heterocycles. The molecule has 0 saturated carbocycles. The minimum absolute atomic E-state index is 1.12. The summed E-state index contributed by atoms with van der Waals surface area (Å²) in [6.07, 6.45) is 0. The van der Waals surface area contributed by atoms with Crippen molar-refractivity contribution in [2.24, 2.45) is 0 Å². The fraction of sp³-hybridized carbons (Fsp3) is 0.308. The Hall–Kier alpha value is -2.06. The van der Waals surface area contributed by atoms with Gasteiger partial charge in [0, 0.05) is 11.1 Å². The van der Waals surface area contributed by atoms with Crippen LogP contribution < -0.4 is 0 Å². The number of aryl methyl sites for hydroxylation is 3. The van der Waals surface area contributed by atoms with Gasteiger partial charge in [-0.1, -0.05) is 12.1 Å². The monoisotopic (exact) mass is 228 g/mol. The highest BCUT2D eigenvalue weighted by molar-refractivity contribution is 5.86. The predicted molar refractivity (Wildman–Crippen MR) is 70.1 cm³/mol. The number of nitrogens with zero attached hydrogens (tertiary/aromatic N) is 3. The molecule has 1 aromatic carbocycles. The third-order valence-electron chi connectivity index (χ3n) is 3.02. The van der Waals surface area contributed by atoms with Crippen LogP contribution >= 0.6 is 0 Å². The maximum Gasteiger partial charge on any atom is 0.0710 e. The Morgan fingerprint density at radius 3 is 2.29 bits per heavy atom. The standard InChI is InChI=1S/C13H15N.HN3/c1-8-6-5-7-12-13(8)10(3)9(2)11(4)14-12;1-3-2/h5-7H,1-4H3;1H. The molecule has 0 saturated heterocycles. The maximum atomic E-state index is 6.86. The van der Waals surface area contributed by atoms with Gasteiger partial charge in [-0.25, -0.2) is 0 Å². The van der Waals surface area contributed by atoms with Crippen LogP contribution in [0.5, 0.6) is 0 Å². The molecule has 1 aromatic heterocycles. The van der Waals surface area contributed by atoms with Crippen LogP contribution in [0.15, 0.2) is 18.2 Å². The number of aromatic nitrogens is 1. The van der Waals surface area contributed by atoms with Crippen molar-refractivity contribution in [1.29, 1.82) is 5.53 Å². The second kappa shape index (κ2) is 5.32. The van der Waals surface area contributed by atoms with E-state index in [1.807, 2.05) is 0 Å². The summed E-state index contributed by atoms with van der Waals surface area (Å²) in [6.45, 7) is 8.54. The van der Waals surface area contributed by atoms with E-state index in [-0.39, 0.29) is 0 Å². The van der Waals surface area contributed by atoms with Crippen molar-refractivity contribution in [3.05, 3.63) is 51.0 Å². The van der Waals surface area contributed by atoms with Gasteiger partial charge in [-0.15, -0.1) is 5.53 Å². The maximum absolute atomic E-state index is 6.86. The first kappa shape index (κ1) is 13.0. The Bertz CT molecular complexity index is 581. The SMILES string of the molecule is Cc1nc2cccc(C)c2c(C)c1C.[N-]=[N+]=N. The molecule has 1 heterocycles. The summed E-state index contributed by atoms with van der Waals surface area (Å²) in [5, 5.41) is 1.32. The smallest absolute Gasteiger partial charge is 0.0710 e. The van der Waals surface area contributed by atoms with Gasteiger partial charge in [0.05, 0.1) is 5.52 Å². The van der Waals surface area contributed by atoms with Crippen molar-refractivity contribution < 1.29 is 0 Å². The number of pyridine rings is 1. The molecule has 88 valence electrons. The van der Waals surface area contributed by atoms with E-state index in [0.29, 0.717) is 0 Å². The normalized spacial score (nSPS) is 9.41. The number of rotatable bonds is 0. The highest BCUT2D eigenvalue weighted by Gasteiger charge is 2.06. The van der Waals surface area contributed by atoms with Crippen molar-refractivity contribution in [3.8, 4) is 0 Å². The number of benzene rings is 1. The quantitative estimate of drug-likeness (QED) is 0.406. The van der Waals surface area contributed by atoms with Gasteiger partial charge in [0.1, 0.15) is 0 Å². The molecule has 4 nitrogen and oxygen atoms in total. The van der Waals surface area contributed by atoms with E-state index in [9.17, 15) is 0 Å². The molecule has 0 aliphatic carbocycles. The summed E-state index contributed by atoms with van der Waals surface area (Å²) >= 11 is 0. The highest BCUT2D eigenvalue weighted by atomic mass is 15.0. The van der Waals surface area contributed by atoms with Crippen LogP contribution in [-0.2, 0) is 0 Å². The van der Waals surface area contributed by atoms with Gasteiger partial charge in [0.15, 0.2) is 0 Å². The second-order valence-electron chi connectivity index (χ2n) is 4.02. The van der Waals surface area contributed by atoms with E-state index in [0.717, 1.165) is 11.2 Å². The summed E-state index contributed by atoms with van der Waals surface area (Å²) < 4.78 is 0. The Labute approximate surface area is 101 Å². The first-order valence-electron chi connectivity index (χ1n) is 5.36. The van der Waals surface area contributed by atoms with Crippen molar-refractivity contribution in [3.63, 3.8) is 0 Å². The number of nitrogens with one attached hydrogen (secondary N) is 1. The van der Waals surface area contributed by atoms with Gasteiger partial charge in [0.25, 0.3) is 0 Å². The van der Waals surface area contributed by atoms with Crippen LogP contribution in [0.25, 0.3) is 21.3 Å². The molecule has 0 spiro atoms. The van der Waals surface area contributed by atoms with Gasteiger partial charge in [-0.05, 0) is 60.9 Å². The highest BCUT2D eigenvalue weighted by Crippen LogP contribution is 2.24. The summed E-state index contributed by atoms with van der Waals surface area (Å²) in [5.74, 6) is 0. The fourth-order valence-electron chi connectivity index (χ4n) is 1.96. The van der Waals surface area contributed by atoms with Gasteiger partial charge in [-0.3, -0.25) is 4.98 Å². The van der Waals surface area contributed by atoms with E-state index < -0.39 is 0 Å². The average Bonchev–Trinajstić information content (AvgIpc) is 2.27. The van der Waals surface area contributed by atoms with Gasteiger partial charge in [0.2, 0.25) is 0 Å². The topological polar surface area (TPSA) is 73.1 Å². The predicted octanol–water partition coefficient (Wildman–Crippen LogP) is 4.34. The van der Waals surface area contributed by atoms with Crippen LogP contribution in [-0.4, -0.2) is 4.98 Å². The summed E-state index contributed by atoms with van der Waals surface area (Å²) in [7, 11) is 0. The molecule has 0 unspecified atom stereocenters. The molecule has 4 heteroatoms.